The summed E-state index contributed by atoms with van der Waals surface area (Å²) >= 11 is 0. The Labute approximate surface area is 169 Å². The summed E-state index contributed by atoms with van der Waals surface area (Å²) in [6.45, 7) is 4.07. The second-order valence-electron chi connectivity index (χ2n) is 6.16. The maximum absolute atomic E-state index is 12.4. The summed E-state index contributed by atoms with van der Waals surface area (Å²) in [5.41, 5.74) is 3.89. The normalized spacial score (nSPS) is 12.0. The molecule has 1 aromatic heterocycles. The molecule has 0 unspecified atom stereocenters. The molecule has 150 valence electrons. The fraction of sp³-hybridized carbons (Fsp3) is 0.227. The Kier molecular flexibility index (Phi) is 6.63. The third-order valence-electron chi connectivity index (χ3n) is 4.16. The number of methoxy groups -OCH3 is 1. The van der Waals surface area contributed by atoms with Gasteiger partial charge in [-0.3, -0.25) is 9.78 Å². The molecule has 0 saturated heterocycles. The third kappa shape index (κ3) is 5.01. The molecule has 3 rings (SSSR count). The number of hydrazone groups is 1. The number of rotatable bonds is 8. The number of carbonyl (C=O) groups excluding carboxylic acids is 1. The zero-order chi connectivity index (χ0) is 20.6. The van der Waals surface area contributed by atoms with Crippen molar-refractivity contribution < 1.29 is 19.0 Å². The largest absolute Gasteiger partial charge is 0.497 e. The lowest BCUT2D eigenvalue weighted by molar-refractivity contribution is -0.127. The Hall–Kier alpha value is -3.61. The summed E-state index contributed by atoms with van der Waals surface area (Å²) < 4.78 is 16.6. The Morgan fingerprint density at radius 2 is 2.03 bits per heavy atom. The van der Waals surface area contributed by atoms with E-state index < -0.39 is 6.10 Å². The monoisotopic (exact) mass is 393 g/mol. The standard InChI is InChI=1S/C22H23N3O4/c1-4-28-19-11-10-18(27-3)13-17(19)14-24-25-22(26)15(2)29-20-9-5-7-16-8-6-12-23-21(16)20/h5-15H,4H2,1-3H3,(H,25,26)/b24-14-/t15-/m0/s1. The number of carbonyl (C=O) groups is 1. The minimum atomic E-state index is -0.753. The number of fused-ring (bicyclic) bond motifs is 1. The number of hydrogen-bond acceptors (Lipinski definition) is 6. The summed E-state index contributed by atoms with van der Waals surface area (Å²) in [7, 11) is 1.58. The van der Waals surface area contributed by atoms with Crippen molar-refractivity contribution in [2.24, 2.45) is 5.10 Å². The van der Waals surface area contributed by atoms with Crippen LogP contribution in [0.5, 0.6) is 17.2 Å². The summed E-state index contributed by atoms with van der Waals surface area (Å²) in [6.07, 6.45) is 2.45. The van der Waals surface area contributed by atoms with Crippen molar-refractivity contribution in [1.82, 2.24) is 10.4 Å². The molecule has 0 aliphatic heterocycles. The Bertz CT molecular complexity index is 1010. The number of nitrogens with one attached hydrogen (secondary N) is 1. The summed E-state index contributed by atoms with van der Waals surface area (Å²) in [5, 5.41) is 4.97. The number of benzene rings is 2. The Morgan fingerprint density at radius 3 is 2.83 bits per heavy atom. The van der Waals surface area contributed by atoms with Gasteiger partial charge in [-0.2, -0.15) is 5.10 Å². The van der Waals surface area contributed by atoms with Crippen molar-refractivity contribution in [3.8, 4) is 17.2 Å². The number of amides is 1. The van der Waals surface area contributed by atoms with Gasteiger partial charge in [0.1, 0.15) is 22.8 Å². The van der Waals surface area contributed by atoms with E-state index in [-0.39, 0.29) is 5.91 Å². The second-order valence-corrected chi connectivity index (χ2v) is 6.16. The van der Waals surface area contributed by atoms with E-state index >= 15 is 0 Å². The lowest BCUT2D eigenvalue weighted by atomic mass is 10.2. The number of hydrogen-bond donors (Lipinski definition) is 1. The first-order valence-electron chi connectivity index (χ1n) is 9.26. The SMILES string of the molecule is CCOc1ccc(OC)cc1/C=N\NC(=O)[C@H](C)Oc1cccc2cccnc12. The molecule has 0 aliphatic rings. The first-order valence-corrected chi connectivity index (χ1v) is 9.26. The van der Waals surface area contributed by atoms with Crippen molar-refractivity contribution >= 4 is 23.0 Å². The first kappa shape index (κ1) is 20.1. The quantitative estimate of drug-likeness (QED) is 0.467. The molecule has 1 amide bonds. The predicted molar refractivity (Wildman–Crippen MR) is 112 cm³/mol. The summed E-state index contributed by atoms with van der Waals surface area (Å²) in [5.74, 6) is 1.48. The smallest absolute Gasteiger partial charge is 0.280 e. The van der Waals surface area contributed by atoms with Crippen LogP contribution in [0.1, 0.15) is 19.4 Å². The number of nitrogens with zero attached hydrogens (tertiary/aromatic N) is 2. The van der Waals surface area contributed by atoms with Gasteiger partial charge in [-0.15, -0.1) is 0 Å². The molecule has 0 aliphatic carbocycles. The minimum Gasteiger partial charge on any atom is -0.497 e. The molecule has 1 N–H and O–H groups in total. The van der Waals surface area contributed by atoms with Gasteiger partial charge >= 0.3 is 0 Å². The van der Waals surface area contributed by atoms with E-state index in [9.17, 15) is 4.79 Å². The highest BCUT2D eigenvalue weighted by Gasteiger charge is 2.16. The molecule has 2 aromatic carbocycles. The number of ether oxygens (including phenoxy) is 3. The van der Waals surface area contributed by atoms with Crippen LogP contribution in [0.4, 0.5) is 0 Å². The fourth-order valence-electron chi connectivity index (χ4n) is 2.71. The van der Waals surface area contributed by atoms with Gasteiger partial charge in [-0.25, -0.2) is 5.43 Å². The molecule has 0 fully saturated rings. The third-order valence-corrected chi connectivity index (χ3v) is 4.16. The Balaban J connectivity index is 1.67. The average Bonchev–Trinajstić information content (AvgIpc) is 2.75. The van der Waals surface area contributed by atoms with Crippen molar-refractivity contribution in [3.05, 3.63) is 60.3 Å². The van der Waals surface area contributed by atoms with Gasteiger partial charge in [0, 0.05) is 17.1 Å². The van der Waals surface area contributed by atoms with Crippen molar-refractivity contribution in [1.29, 1.82) is 0 Å². The van der Waals surface area contributed by atoms with Gasteiger partial charge < -0.3 is 14.2 Å². The van der Waals surface area contributed by atoms with Crippen LogP contribution in [0.15, 0.2) is 59.8 Å². The number of aromatic nitrogens is 1. The maximum Gasteiger partial charge on any atom is 0.280 e. The van der Waals surface area contributed by atoms with E-state index in [4.69, 9.17) is 14.2 Å². The van der Waals surface area contributed by atoms with E-state index in [2.05, 4.69) is 15.5 Å². The summed E-state index contributed by atoms with van der Waals surface area (Å²) in [4.78, 5) is 16.7. The van der Waals surface area contributed by atoms with Crippen LogP contribution in [0, 0.1) is 0 Å². The first-order chi connectivity index (χ1) is 14.1. The number of pyridine rings is 1. The van der Waals surface area contributed by atoms with Crippen molar-refractivity contribution in [2.75, 3.05) is 13.7 Å². The van der Waals surface area contributed by atoms with Crippen LogP contribution >= 0.6 is 0 Å². The van der Waals surface area contributed by atoms with Crippen molar-refractivity contribution in [3.63, 3.8) is 0 Å². The molecule has 0 saturated carbocycles. The van der Waals surface area contributed by atoms with E-state index in [1.807, 2.05) is 31.2 Å². The lowest BCUT2D eigenvalue weighted by Crippen LogP contribution is -2.33. The molecule has 1 heterocycles. The summed E-state index contributed by atoms with van der Waals surface area (Å²) in [6, 6.07) is 14.8. The highest BCUT2D eigenvalue weighted by molar-refractivity contribution is 5.88. The van der Waals surface area contributed by atoms with Gasteiger partial charge in [0.15, 0.2) is 6.10 Å². The van der Waals surface area contributed by atoms with Gasteiger partial charge in [0.25, 0.3) is 5.91 Å². The van der Waals surface area contributed by atoms with Crippen LogP contribution in [-0.2, 0) is 4.79 Å². The predicted octanol–water partition coefficient (Wildman–Crippen LogP) is 3.56. The lowest BCUT2D eigenvalue weighted by Gasteiger charge is -2.14. The van der Waals surface area contributed by atoms with Gasteiger partial charge in [-0.05, 0) is 44.2 Å². The van der Waals surface area contributed by atoms with Gasteiger partial charge in [0.2, 0.25) is 0 Å². The highest BCUT2D eigenvalue weighted by Crippen LogP contribution is 2.24. The van der Waals surface area contributed by atoms with E-state index in [0.717, 1.165) is 5.39 Å². The van der Waals surface area contributed by atoms with E-state index in [1.165, 1.54) is 6.21 Å². The van der Waals surface area contributed by atoms with Crippen LogP contribution in [-0.4, -0.2) is 36.9 Å². The molecular weight excluding hydrogens is 370 g/mol. The topological polar surface area (TPSA) is 82.0 Å². The number of para-hydroxylation sites is 1. The van der Waals surface area contributed by atoms with Gasteiger partial charge in [-0.1, -0.05) is 18.2 Å². The zero-order valence-electron chi connectivity index (χ0n) is 16.6. The van der Waals surface area contributed by atoms with E-state index in [1.54, 1.807) is 44.5 Å². The molecule has 0 spiro atoms. The average molecular weight is 393 g/mol. The maximum atomic E-state index is 12.4. The van der Waals surface area contributed by atoms with Crippen LogP contribution in [0.3, 0.4) is 0 Å². The molecule has 29 heavy (non-hydrogen) atoms. The van der Waals surface area contributed by atoms with Crippen molar-refractivity contribution in [2.45, 2.75) is 20.0 Å². The molecule has 7 heteroatoms. The van der Waals surface area contributed by atoms with Gasteiger partial charge in [0.05, 0.1) is 19.9 Å². The zero-order valence-corrected chi connectivity index (χ0v) is 16.6. The molecule has 0 radical (unpaired) electrons. The van der Waals surface area contributed by atoms with Crippen LogP contribution in [0.25, 0.3) is 10.9 Å². The molecule has 3 aromatic rings. The molecule has 7 nitrogen and oxygen atoms in total. The Morgan fingerprint density at radius 1 is 1.21 bits per heavy atom. The van der Waals surface area contributed by atoms with E-state index in [0.29, 0.717) is 34.9 Å². The van der Waals surface area contributed by atoms with Crippen LogP contribution < -0.4 is 19.6 Å². The second kappa shape index (κ2) is 9.54. The fourth-order valence-corrected chi connectivity index (χ4v) is 2.71. The minimum absolute atomic E-state index is 0.380. The highest BCUT2D eigenvalue weighted by atomic mass is 16.5. The van der Waals surface area contributed by atoms with Crippen LogP contribution in [0.2, 0.25) is 0 Å². The molecular formula is C22H23N3O4. The molecule has 0 bridgehead atoms. The molecule has 1 atom stereocenters.